The van der Waals surface area contributed by atoms with Gasteiger partial charge < -0.3 is 10.1 Å². The molecule has 2 heteroatoms. The molecule has 0 atom stereocenters. The first-order valence-electron chi connectivity index (χ1n) is 6.87. The summed E-state index contributed by atoms with van der Waals surface area (Å²) in [5.41, 5.74) is 1.49. The van der Waals surface area contributed by atoms with Gasteiger partial charge in [-0.05, 0) is 37.3 Å². The minimum absolute atomic E-state index is 0.168. The molecule has 2 aromatic rings. The third-order valence-electron chi connectivity index (χ3n) is 3.84. The summed E-state index contributed by atoms with van der Waals surface area (Å²) in [6, 6.07) is 12.6. The monoisotopic (exact) mass is 257 g/mol. The topological polar surface area (TPSA) is 21.3 Å². The Balaban J connectivity index is 2.34. The molecule has 0 heterocycles. The van der Waals surface area contributed by atoms with E-state index in [9.17, 15) is 0 Å². The Labute approximate surface area is 115 Å². The van der Waals surface area contributed by atoms with E-state index in [4.69, 9.17) is 4.74 Å². The molecular weight excluding hydrogens is 234 g/mol. The van der Waals surface area contributed by atoms with Gasteiger partial charge in [-0.2, -0.15) is 0 Å². The third-order valence-corrected chi connectivity index (χ3v) is 3.84. The van der Waals surface area contributed by atoms with E-state index >= 15 is 0 Å². The van der Waals surface area contributed by atoms with Crippen molar-refractivity contribution in [1.82, 2.24) is 5.32 Å². The number of rotatable bonds is 5. The zero-order chi connectivity index (χ0) is 13.9. The van der Waals surface area contributed by atoms with Crippen molar-refractivity contribution in [2.24, 2.45) is 0 Å². The van der Waals surface area contributed by atoms with Crippen LogP contribution in [0.3, 0.4) is 0 Å². The van der Waals surface area contributed by atoms with E-state index in [1.807, 2.05) is 0 Å². The van der Waals surface area contributed by atoms with Crippen LogP contribution in [-0.2, 0) is 6.54 Å². The molecule has 0 saturated carbocycles. The summed E-state index contributed by atoms with van der Waals surface area (Å²) < 4.78 is 5.43. The molecule has 19 heavy (non-hydrogen) atoms. The minimum Gasteiger partial charge on any atom is -0.496 e. The van der Waals surface area contributed by atoms with Gasteiger partial charge in [0.1, 0.15) is 5.75 Å². The van der Waals surface area contributed by atoms with Crippen molar-refractivity contribution < 1.29 is 4.74 Å². The summed E-state index contributed by atoms with van der Waals surface area (Å²) in [6.45, 7) is 7.56. The van der Waals surface area contributed by atoms with E-state index in [1.54, 1.807) is 7.11 Å². The number of ether oxygens (including phenoxy) is 1. The Hall–Kier alpha value is -1.54. The van der Waals surface area contributed by atoms with Gasteiger partial charge >= 0.3 is 0 Å². The van der Waals surface area contributed by atoms with Crippen LogP contribution in [0.1, 0.15) is 32.8 Å². The lowest BCUT2D eigenvalue weighted by atomic mass is 9.99. The summed E-state index contributed by atoms with van der Waals surface area (Å²) in [5, 5.41) is 6.06. The van der Waals surface area contributed by atoms with Gasteiger partial charge in [0.05, 0.1) is 7.11 Å². The standard InChI is InChI=1S/C17H23NO/c1-5-17(2,3)18-12-13-10-11-16(19-4)15-9-7-6-8-14(13)15/h6-11,18H,5,12H2,1-4H3. The van der Waals surface area contributed by atoms with Crippen LogP contribution in [0.4, 0.5) is 0 Å². The van der Waals surface area contributed by atoms with Gasteiger partial charge in [0, 0.05) is 17.5 Å². The van der Waals surface area contributed by atoms with Gasteiger partial charge in [0.15, 0.2) is 0 Å². The van der Waals surface area contributed by atoms with Crippen molar-refractivity contribution in [3.05, 3.63) is 42.0 Å². The molecule has 0 bridgehead atoms. The molecule has 2 rings (SSSR count). The molecule has 0 unspecified atom stereocenters. The summed E-state index contributed by atoms with van der Waals surface area (Å²) in [6.07, 6.45) is 1.11. The van der Waals surface area contributed by atoms with Gasteiger partial charge in [-0.25, -0.2) is 0 Å². The molecule has 0 fully saturated rings. The molecule has 2 aromatic carbocycles. The van der Waals surface area contributed by atoms with Crippen LogP contribution in [0, 0.1) is 0 Å². The SMILES string of the molecule is CCC(C)(C)NCc1ccc(OC)c2ccccc12. The van der Waals surface area contributed by atoms with Crippen LogP contribution >= 0.6 is 0 Å². The van der Waals surface area contributed by atoms with Crippen molar-refractivity contribution in [2.75, 3.05) is 7.11 Å². The molecule has 102 valence electrons. The molecule has 0 aliphatic heterocycles. The molecule has 0 aromatic heterocycles. The first-order valence-corrected chi connectivity index (χ1v) is 6.87. The van der Waals surface area contributed by atoms with Crippen LogP contribution in [-0.4, -0.2) is 12.6 Å². The number of fused-ring (bicyclic) bond motifs is 1. The van der Waals surface area contributed by atoms with Crippen molar-refractivity contribution in [2.45, 2.75) is 39.3 Å². The van der Waals surface area contributed by atoms with Crippen LogP contribution < -0.4 is 10.1 Å². The quantitative estimate of drug-likeness (QED) is 0.869. The lowest BCUT2D eigenvalue weighted by Gasteiger charge is -2.25. The van der Waals surface area contributed by atoms with Crippen LogP contribution in [0.2, 0.25) is 0 Å². The third kappa shape index (κ3) is 3.07. The maximum absolute atomic E-state index is 5.43. The highest BCUT2D eigenvalue weighted by Gasteiger charge is 2.14. The normalized spacial score (nSPS) is 11.8. The maximum Gasteiger partial charge on any atom is 0.126 e. The summed E-state index contributed by atoms with van der Waals surface area (Å²) in [4.78, 5) is 0. The van der Waals surface area contributed by atoms with Crippen molar-refractivity contribution in [3.8, 4) is 5.75 Å². The Morgan fingerprint density at radius 3 is 2.37 bits per heavy atom. The van der Waals surface area contributed by atoms with E-state index in [0.717, 1.165) is 18.7 Å². The summed E-state index contributed by atoms with van der Waals surface area (Å²) in [7, 11) is 1.72. The van der Waals surface area contributed by atoms with Gasteiger partial charge in [0.2, 0.25) is 0 Å². The van der Waals surface area contributed by atoms with E-state index in [-0.39, 0.29) is 5.54 Å². The summed E-state index contributed by atoms with van der Waals surface area (Å²) in [5.74, 6) is 0.939. The van der Waals surface area contributed by atoms with Crippen LogP contribution in [0.5, 0.6) is 5.75 Å². The smallest absolute Gasteiger partial charge is 0.126 e. The zero-order valence-electron chi connectivity index (χ0n) is 12.3. The Kier molecular flexibility index (Phi) is 4.11. The van der Waals surface area contributed by atoms with E-state index in [1.165, 1.54) is 16.3 Å². The Morgan fingerprint density at radius 1 is 1.05 bits per heavy atom. The predicted molar refractivity (Wildman–Crippen MR) is 81.7 cm³/mol. The van der Waals surface area contributed by atoms with Crippen molar-refractivity contribution in [3.63, 3.8) is 0 Å². The molecule has 0 spiro atoms. The highest BCUT2D eigenvalue weighted by Crippen LogP contribution is 2.28. The largest absolute Gasteiger partial charge is 0.496 e. The number of hydrogen-bond acceptors (Lipinski definition) is 2. The highest BCUT2D eigenvalue weighted by atomic mass is 16.5. The van der Waals surface area contributed by atoms with Gasteiger partial charge in [-0.15, -0.1) is 0 Å². The average Bonchev–Trinajstić information content (AvgIpc) is 2.44. The number of nitrogens with one attached hydrogen (secondary N) is 1. The maximum atomic E-state index is 5.43. The number of benzene rings is 2. The average molecular weight is 257 g/mol. The second-order valence-electron chi connectivity index (χ2n) is 5.56. The molecule has 0 saturated heterocycles. The second kappa shape index (κ2) is 5.62. The fourth-order valence-electron chi connectivity index (χ4n) is 2.13. The molecular formula is C17H23NO. The van der Waals surface area contributed by atoms with E-state index in [0.29, 0.717) is 0 Å². The fourth-order valence-corrected chi connectivity index (χ4v) is 2.13. The highest BCUT2D eigenvalue weighted by molar-refractivity contribution is 5.91. The van der Waals surface area contributed by atoms with E-state index < -0.39 is 0 Å². The van der Waals surface area contributed by atoms with Gasteiger partial charge in [-0.3, -0.25) is 0 Å². The molecule has 2 nitrogen and oxygen atoms in total. The van der Waals surface area contributed by atoms with Gasteiger partial charge in [0.25, 0.3) is 0 Å². The summed E-state index contributed by atoms with van der Waals surface area (Å²) >= 11 is 0. The molecule has 0 aliphatic carbocycles. The Morgan fingerprint density at radius 2 is 1.74 bits per heavy atom. The molecule has 0 radical (unpaired) electrons. The number of hydrogen-bond donors (Lipinski definition) is 1. The second-order valence-corrected chi connectivity index (χ2v) is 5.56. The zero-order valence-corrected chi connectivity index (χ0v) is 12.3. The van der Waals surface area contributed by atoms with Crippen LogP contribution in [0.15, 0.2) is 36.4 Å². The fraction of sp³-hybridized carbons (Fsp3) is 0.412. The first-order chi connectivity index (χ1) is 9.07. The lowest BCUT2D eigenvalue weighted by Crippen LogP contribution is -2.37. The van der Waals surface area contributed by atoms with Crippen molar-refractivity contribution >= 4 is 10.8 Å². The first kappa shape index (κ1) is 13.9. The van der Waals surface area contributed by atoms with E-state index in [2.05, 4.69) is 62.5 Å². The predicted octanol–water partition coefficient (Wildman–Crippen LogP) is 4.13. The van der Waals surface area contributed by atoms with Crippen LogP contribution in [0.25, 0.3) is 10.8 Å². The lowest BCUT2D eigenvalue weighted by molar-refractivity contribution is 0.375. The number of methoxy groups -OCH3 is 1. The Bertz CT molecular complexity index is 560. The molecule has 0 amide bonds. The van der Waals surface area contributed by atoms with Gasteiger partial charge in [-0.1, -0.05) is 37.3 Å². The van der Waals surface area contributed by atoms with Crippen molar-refractivity contribution in [1.29, 1.82) is 0 Å². The minimum atomic E-state index is 0.168. The molecule has 1 N–H and O–H groups in total. The molecule has 0 aliphatic rings.